The molecular formula is C15H11BrClFO2. The Hall–Kier alpha value is -1.39. The summed E-state index contributed by atoms with van der Waals surface area (Å²) in [5, 5.41) is 0.296. The zero-order valence-corrected chi connectivity index (χ0v) is 13.0. The van der Waals surface area contributed by atoms with Gasteiger partial charge in [-0.15, -0.1) is 0 Å². The number of carbonyl (C=O) groups is 1. The number of hydrogen-bond donors (Lipinski definition) is 0. The number of rotatable bonds is 4. The van der Waals surface area contributed by atoms with Gasteiger partial charge in [-0.1, -0.05) is 33.6 Å². The molecule has 0 atom stereocenters. The van der Waals surface area contributed by atoms with E-state index in [-0.39, 0.29) is 12.4 Å². The van der Waals surface area contributed by atoms with Gasteiger partial charge in [0.1, 0.15) is 18.2 Å². The van der Waals surface area contributed by atoms with Gasteiger partial charge >= 0.3 is 0 Å². The minimum absolute atomic E-state index is 0.0855. The maximum Gasteiger partial charge on any atom is 0.163 e. The molecule has 2 rings (SSSR count). The van der Waals surface area contributed by atoms with Gasteiger partial charge in [-0.05, 0) is 37.3 Å². The third-order valence-electron chi connectivity index (χ3n) is 2.72. The largest absolute Gasteiger partial charge is 0.488 e. The van der Waals surface area contributed by atoms with Gasteiger partial charge in [0.25, 0.3) is 0 Å². The maximum absolute atomic E-state index is 13.0. The summed E-state index contributed by atoms with van der Waals surface area (Å²) in [4.78, 5) is 11.5. The van der Waals surface area contributed by atoms with Crippen molar-refractivity contribution in [2.75, 3.05) is 0 Å². The Labute approximate surface area is 129 Å². The van der Waals surface area contributed by atoms with Crippen LogP contribution in [0.15, 0.2) is 40.9 Å². The third kappa shape index (κ3) is 3.58. The normalized spacial score (nSPS) is 10.4. The van der Waals surface area contributed by atoms with Crippen LogP contribution < -0.4 is 4.74 Å². The molecule has 0 bridgehead atoms. The van der Waals surface area contributed by atoms with E-state index < -0.39 is 5.82 Å². The first-order valence-electron chi connectivity index (χ1n) is 5.84. The second kappa shape index (κ2) is 6.37. The fourth-order valence-electron chi connectivity index (χ4n) is 1.70. The van der Waals surface area contributed by atoms with Crippen LogP contribution >= 0.6 is 27.5 Å². The van der Waals surface area contributed by atoms with E-state index in [1.165, 1.54) is 19.1 Å². The number of ether oxygens (including phenoxy) is 1. The highest BCUT2D eigenvalue weighted by Crippen LogP contribution is 2.26. The molecule has 0 heterocycles. The number of halogens is 3. The highest BCUT2D eigenvalue weighted by molar-refractivity contribution is 9.10. The van der Waals surface area contributed by atoms with Gasteiger partial charge in [0.15, 0.2) is 5.78 Å². The van der Waals surface area contributed by atoms with Gasteiger partial charge in [-0.2, -0.15) is 0 Å². The fourth-order valence-corrected chi connectivity index (χ4v) is 2.26. The smallest absolute Gasteiger partial charge is 0.163 e. The summed E-state index contributed by atoms with van der Waals surface area (Å²) in [7, 11) is 0. The quantitative estimate of drug-likeness (QED) is 0.718. The van der Waals surface area contributed by atoms with Crippen LogP contribution in [0.2, 0.25) is 5.02 Å². The lowest BCUT2D eigenvalue weighted by Crippen LogP contribution is -2.02. The van der Waals surface area contributed by atoms with E-state index in [9.17, 15) is 9.18 Å². The van der Waals surface area contributed by atoms with Gasteiger partial charge in [0.2, 0.25) is 0 Å². The molecule has 0 spiro atoms. The van der Waals surface area contributed by atoms with Crippen molar-refractivity contribution in [1.29, 1.82) is 0 Å². The summed E-state index contributed by atoms with van der Waals surface area (Å²) in [6.07, 6.45) is 0. The van der Waals surface area contributed by atoms with Crippen molar-refractivity contribution in [3.63, 3.8) is 0 Å². The van der Waals surface area contributed by atoms with Gasteiger partial charge < -0.3 is 4.74 Å². The van der Waals surface area contributed by atoms with E-state index in [0.29, 0.717) is 21.9 Å². The molecule has 0 saturated heterocycles. The lowest BCUT2D eigenvalue weighted by Gasteiger charge is -2.11. The van der Waals surface area contributed by atoms with E-state index in [2.05, 4.69) is 15.9 Å². The van der Waals surface area contributed by atoms with E-state index in [4.69, 9.17) is 16.3 Å². The molecule has 0 saturated carbocycles. The highest BCUT2D eigenvalue weighted by atomic mass is 79.9. The molecule has 0 fully saturated rings. The maximum atomic E-state index is 13.0. The number of Topliss-reactive ketones (excluding diaryl/α,β-unsaturated/α-hetero) is 1. The second-order valence-electron chi connectivity index (χ2n) is 4.22. The van der Waals surface area contributed by atoms with Gasteiger partial charge in [0, 0.05) is 10.0 Å². The Kier molecular flexibility index (Phi) is 4.78. The van der Waals surface area contributed by atoms with Crippen molar-refractivity contribution in [2.45, 2.75) is 13.5 Å². The van der Waals surface area contributed by atoms with Gasteiger partial charge in [-0.3, -0.25) is 4.79 Å². The molecule has 2 nitrogen and oxygen atoms in total. The number of ketones is 1. The molecule has 104 valence electrons. The topological polar surface area (TPSA) is 26.3 Å². The van der Waals surface area contributed by atoms with Gasteiger partial charge in [-0.25, -0.2) is 4.39 Å². The number of benzene rings is 2. The fraction of sp³-hybridized carbons (Fsp3) is 0.133. The first-order valence-corrected chi connectivity index (χ1v) is 7.01. The van der Waals surface area contributed by atoms with E-state index >= 15 is 0 Å². The Balaban J connectivity index is 2.22. The lowest BCUT2D eigenvalue weighted by atomic mass is 10.1. The van der Waals surface area contributed by atoms with E-state index in [1.807, 2.05) is 0 Å². The van der Waals surface area contributed by atoms with Crippen molar-refractivity contribution >= 4 is 33.3 Å². The predicted octanol–water partition coefficient (Wildman–Crippen LogP) is 5.02. The first kappa shape index (κ1) is 15.0. The molecule has 0 aliphatic rings. The van der Waals surface area contributed by atoms with Gasteiger partial charge in [0.05, 0.1) is 10.6 Å². The Morgan fingerprint density at radius 3 is 2.70 bits per heavy atom. The molecule has 0 amide bonds. The standard InChI is InChI=1S/C15H11BrClFO2/c1-9(19)13-5-3-11(16)6-15(13)20-8-10-2-4-12(18)7-14(10)17/h2-7H,8H2,1H3. The molecule has 2 aromatic carbocycles. The molecule has 2 aromatic rings. The van der Waals surface area contributed by atoms with Crippen LogP contribution in [0, 0.1) is 5.82 Å². The summed E-state index contributed by atoms with van der Waals surface area (Å²) < 4.78 is 19.4. The van der Waals surface area contributed by atoms with Crippen molar-refractivity contribution < 1.29 is 13.9 Å². The zero-order chi connectivity index (χ0) is 14.7. The Morgan fingerprint density at radius 1 is 1.30 bits per heavy atom. The molecule has 0 N–H and O–H groups in total. The van der Waals surface area contributed by atoms with Crippen LogP contribution in [0.3, 0.4) is 0 Å². The van der Waals surface area contributed by atoms with Crippen molar-refractivity contribution in [2.24, 2.45) is 0 Å². The average Bonchev–Trinajstić information content (AvgIpc) is 2.37. The summed E-state index contributed by atoms with van der Waals surface area (Å²) in [6.45, 7) is 1.64. The van der Waals surface area contributed by atoms with Crippen LogP contribution in [0.5, 0.6) is 5.75 Å². The van der Waals surface area contributed by atoms with Crippen LogP contribution in [-0.2, 0) is 6.61 Å². The second-order valence-corrected chi connectivity index (χ2v) is 5.54. The average molecular weight is 358 g/mol. The predicted molar refractivity (Wildman–Crippen MR) is 79.9 cm³/mol. The molecule has 20 heavy (non-hydrogen) atoms. The molecule has 0 aliphatic heterocycles. The van der Waals surface area contributed by atoms with Crippen LogP contribution in [0.25, 0.3) is 0 Å². The van der Waals surface area contributed by atoms with Crippen LogP contribution in [0.1, 0.15) is 22.8 Å². The first-order chi connectivity index (χ1) is 9.47. The van der Waals surface area contributed by atoms with E-state index in [1.54, 1.807) is 24.3 Å². The third-order valence-corrected chi connectivity index (χ3v) is 3.57. The molecule has 0 aliphatic carbocycles. The summed E-state index contributed by atoms with van der Waals surface area (Å²) >= 11 is 9.26. The Morgan fingerprint density at radius 2 is 2.05 bits per heavy atom. The molecule has 0 radical (unpaired) electrons. The monoisotopic (exact) mass is 356 g/mol. The molecule has 0 aromatic heterocycles. The van der Waals surface area contributed by atoms with Crippen molar-refractivity contribution in [1.82, 2.24) is 0 Å². The number of hydrogen-bond acceptors (Lipinski definition) is 2. The van der Waals surface area contributed by atoms with Crippen molar-refractivity contribution in [3.05, 3.63) is 62.8 Å². The SMILES string of the molecule is CC(=O)c1ccc(Br)cc1OCc1ccc(F)cc1Cl. The van der Waals surface area contributed by atoms with E-state index in [0.717, 1.165) is 4.47 Å². The van der Waals surface area contributed by atoms with Crippen LogP contribution in [0.4, 0.5) is 4.39 Å². The molecule has 0 unspecified atom stereocenters. The molecule has 5 heteroatoms. The summed E-state index contributed by atoms with van der Waals surface area (Å²) in [6, 6.07) is 9.28. The lowest BCUT2D eigenvalue weighted by molar-refractivity contribution is 0.101. The van der Waals surface area contributed by atoms with Crippen molar-refractivity contribution in [3.8, 4) is 5.75 Å². The Bertz CT molecular complexity index is 658. The highest BCUT2D eigenvalue weighted by Gasteiger charge is 2.10. The minimum atomic E-state index is -0.398. The number of carbonyl (C=O) groups excluding carboxylic acids is 1. The molecular weight excluding hydrogens is 347 g/mol. The summed E-state index contributed by atoms with van der Waals surface area (Å²) in [5.41, 5.74) is 1.15. The van der Waals surface area contributed by atoms with Crippen LogP contribution in [-0.4, -0.2) is 5.78 Å². The minimum Gasteiger partial charge on any atom is -0.488 e. The summed E-state index contributed by atoms with van der Waals surface area (Å²) in [5.74, 6) is -0.0180. The zero-order valence-electron chi connectivity index (χ0n) is 10.6.